The van der Waals surface area contributed by atoms with Gasteiger partial charge < -0.3 is 5.73 Å². The molecular weight excluding hydrogens is 622 g/mol. The Hall–Kier alpha value is -0.370. The largest absolute Gasteiger partial charge is 0.328 e. The second-order valence-electron chi connectivity index (χ2n) is 17.5. The molecule has 4 rings (SSSR count). The third-order valence-electron chi connectivity index (χ3n) is 12.6. The van der Waals surface area contributed by atoms with Gasteiger partial charge in [0.1, 0.15) is 32.5 Å². The zero-order valence-electron chi connectivity index (χ0n) is 32.2. The van der Waals surface area contributed by atoms with Gasteiger partial charge in [0.25, 0.3) is 0 Å². The van der Waals surface area contributed by atoms with Crippen LogP contribution in [0.3, 0.4) is 0 Å². The lowest BCUT2D eigenvalue weighted by Gasteiger charge is -2.36. The zero-order valence-corrected chi connectivity index (χ0v) is 33.1. The lowest BCUT2D eigenvalue weighted by Crippen LogP contribution is -2.39. The van der Waals surface area contributed by atoms with Gasteiger partial charge in [-0.25, -0.2) is 26.0 Å². The van der Waals surface area contributed by atoms with Crippen molar-refractivity contribution in [3.63, 3.8) is 0 Å². The third-order valence-corrected chi connectivity index (χ3v) is 14.3. The summed E-state index contributed by atoms with van der Waals surface area (Å²) in [6.07, 6.45) is 13.5. The van der Waals surface area contributed by atoms with Gasteiger partial charge in [-0.05, 0) is 138 Å². The van der Waals surface area contributed by atoms with Crippen molar-refractivity contribution in [1.29, 1.82) is 0 Å². The maximum Gasteiger partial charge on any atom is 0.150 e. The summed E-state index contributed by atoms with van der Waals surface area (Å²) in [4.78, 5) is 0. The maximum atomic E-state index is 14.1. The molecule has 0 aliphatic heterocycles. The number of halogens is 4. The summed E-state index contributed by atoms with van der Waals surface area (Å²) in [6.45, 7) is 20.1. The van der Waals surface area contributed by atoms with E-state index in [4.69, 9.17) is 5.73 Å². The zero-order chi connectivity index (χ0) is 36.4. The van der Waals surface area contributed by atoms with Crippen LogP contribution in [0.4, 0.5) is 17.6 Å². The van der Waals surface area contributed by atoms with E-state index in [0.717, 1.165) is 76.0 Å². The SMILES string of the molecule is CC(C)C1(F)CCC(N)CC1.CC(C)C1(F)CCC(S(C)(=O)=O)CC1.CC1CCC(F)(C(C)C)CC1.CC1CCC(F)(C(C)C)CC1. The minimum atomic E-state index is -2.97. The van der Waals surface area contributed by atoms with E-state index in [2.05, 4.69) is 13.8 Å². The summed E-state index contributed by atoms with van der Waals surface area (Å²) in [7, 11) is -2.97. The molecule has 3 nitrogen and oxygen atoms in total. The molecule has 47 heavy (non-hydrogen) atoms. The molecule has 4 fully saturated rings. The standard InChI is InChI=1S/C10H19FO2S.2C10H19F.C9H18FN/c1-8(2)10(11)6-4-9(5-7-10)14(3,12)13;2*1-8(2)10(11)6-4-9(3)5-7-10;1-7(2)9(10)5-3-8(11)4-6-9/h8-9H,4-7H2,1-3H3;2*8-9H,4-7H2,1-3H3;7-8H,3-6,11H2,1-2H3. The second kappa shape index (κ2) is 18.7. The molecule has 0 heterocycles. The van der Waals surface area contributed by atoms with Crippen molar-refractivity contribution < 1.29 is 26.0 Å². The smallest absolute Gasteiger partial charge is 0.150 e. The van der Waals surface area contributed by atoms with Gasteiger partial charge >= 0.3 is 0 Å². The van der Waals surface area contributed by atoms with E-state index in [1.807, 2.05) is 55.4 Å². The summed E-state index contributed by atoms with van der Waals surface area (Å²) in [6, 6.07) is 0.248. The summed E-state index contributed by atoms with van der Waals surface area (Å²) in [5, 5.41) is -0.315. The first-order valence-corrected chi connectivity index (χ1v) is 21.0. The predicted octanol–water partition coefficient (Wildman–Crippen LogP) is 11.7. The van der Waals surface area contributed by atoms with Crippen molar-refractivity contribution in [2.45, 2.75) is 206 Å². The highest BCUT2D eigenvalue weighted by molar-refractivity contribution is 7.91. The molecule has 0 aromatic heterocycles. The van der Waals surface area contributed by atoms with Crippen LogP contribution in [-0.4, -0.2) is 48.6 Å². The number of hydrogen-bond acceptors (Lipinski definition) is 3. The van der Waals surface area contributed by atoms with Crippen LogP contribution in [0.2, 0.25) is 0 Å². The number of nitrogens with two attached hydrogens (primary N) is 1. The van der Waals surface area contributed by atoms with E-state index in [-0.39, 0.29) is 35.0 Å². The highest BCUT2D eigenvalue weighted by atomic mass is 32.2. The summed E-state index contributed by atoms with van der Waals surface area (Å²) in [5.41, 5.74) is 1.95. The van der Waals surface area contributed by atoms with E-state index in [1.165, 1.54) is 6.26 Å². The average Bonchev–Trinajstić information content (AvgIpc) is 2.98. The molecule has 8 heteroatoms. The minimum Gasteiger partial charge on any atom is -0.328 e. The number of sulfone groups is 1. The monoisotopic (exact) mass is 698 g/mol. The van der Waals surface area contributed by atoms with Gasteiger partial charge in [0.2, 0.25) is 0 Å². The minimum absolute atomic E-state index is 0.0111. The Balaban J connectivity index is 0.000000315. The van der Waals surface area contributed by atoms with Gasteiger partial charge in [-0.15, -0.1) is 0 Å². The summed E-state index contributed by atoms with van der Waals surface area (Å²) in [5.74, 6) is 2.04. The molecule has 0 aromatic rings. The molecule has 0 amide bonds. The quantitative estimate of drug-likeness (QED) is 0.291. The van der Waals surface area contributed by atoms with Crippen LogP contribution >= 0.6 is 0 Å². The molecule has 0 spiro atoms. The van der Waals surface area contributed by atoms with Crippen LogP contribution in [0.5, 0.6) is 0 Å². The van der Waals surface area contributed by atoms with Gasteiger partial charge in [-0.1, -0.05) is 69.2 Å². The molecule has 0 saturated heterocycles. The van der Waals surface area contributed by atoms with Crippen molar-refractivity contribution in [2.75, 3.05) is 6.26 Å². The Bertz CT molecular complexity index is 891. The van der Waals surface area contributed by atoms with E-state index >= 15 is 0 Å². The molecule has 0 radical (unpaired) electrons. The fraction of sp³-hybridized carbons (Fsp3) is 1.00. The van der Waals surface area contributed by atoms with Gasteiger partial charge in [0, 0.05) is 12.3 Å². The first kappa shape index (κ1) is 44.7. The van der Waals surface area contributed by atoms with Crippen LogP contribution < -0.4 is 5.73 Å². The van der Waals surface area contributed by atoms with E-state index in [0.29, 0.717) is 38.5 Å². The van der Waals surface area contributed by atoms with E-state index < -0.39 is 32.5 Å². The number of alkyl halides is 4. The number of hydrogen-bond donors (Lipinski definition) is 1. The van der Waals surface area contributed by atoms with Crippen LogP contribution in [0.25, 0.3) is 0 Å². The molecule has 0 bridgehead atoms. The Kier molecular flexibility index (Phi) is 17.8. The topological polar surface area (TPSA) is 60.2 Å². The fourth-order valence-electron chi connectivity index (χ4n) is 7.41. The summed E-state index contributed by atoms with van der Waals surface area (Å²) < 4.78 is 78.1. The van der Waals surface area contributed by atoms with Crippen LogP contribution in [0.1, 0.15) is 172 Å². The lowest BCUT2D eigenvalue weighted by molar-refractivity contribution is 0.0401. The molecule has 0 unspecified atom stereocenters. The molecule has 4 saturated carbocycles. The molecule has 2 N–H and O–H groups in total. The van der Waals surface area contributed by atoms with Gasteiger partial charge in [0.15, 0.2) is 0 Å². The van der Waals surface area contributed by atoms with Crippen LogP contribution in [0.15, 0.2) is 0 Å². The molecule has 0 atom stereocenters. The van der Waals surface area contributed by atoms with Crippen molar-refractivity contribution in [3.8, 4) is 0 Å². The normalized spacial score (nSPS) is 38.1. The van der Waals surface area contributed by atoms with Crippen molar-refractivity contribution in [3.05, 3.63) is 0 Å². The van der Waals surface area contributed by atoms with Gasteiger partial charge in [-0.2, -0.15) is 0 Å². The molecule has 4 aliphatic carbocycles. The van der Waals surface area contributed by atoms with Crippen LogP contribution in [-0.2, 0) is 9.84 Å². The summed E-state index contributed by atoms with van der Waals surface area (Å²) >= 11 is 0. The Labute approximate surface area is 288 Å². The fourth-order valence-corrected chi connectivity index (χ4v) is 8.50. The van der Waals surface area contributed by atoms with Gasteiger partial charge in [0.05, 0.1) is 5.25 Å². The Morgan fingerprint density at radius 1 is 0.489 bits per heavy atom. The molecular formula is C39H75F4NO2S. The first-order valence-electron chi connectivity index (χ1n) is 19.1. The number of rotatable bonds is 5. The molecule has 0 aromatic carbocycles. The maximum absolute atomic E-state index is 14.1. The van der Waals surface area contributed by atoms with E-state index in [1.54, 1.807) is 0 Å². The predicted molar refractivity (Wildman–Crippen MR) is 194 cm³/mol. The van der Waals surface area contributed by atoms with Crippen molar-refractivity contribution in [2.24, 2.45) is 41.2 Å². The van der Waals surface area contributed by atoms with Crippen molar-refractivity contribution >= 4 is 9.84 Å². The Morgan fingerprint density at radius 3 is 0.915 bits per heavy atom. The highest BCUT2D eigenvalue weighted by Crippen LogP contribution is 2.42. The van der Waals surface area contributed by atoms with E-state index in [9.17, 15) is 26.0 Å². The van der Waals surface area contributed by atoms with Crippen molar-refractivity contribution in [1.82, 2.24) is 0 Å². The average molecular weight is 698 g/mol. The Morgan fingerprint density at radius 2 is 0.702 bits per heavy atom. The van der Waals surface area contributed by atoms with Gasteiger partial charge in [-0.3, -0.25) is 0 Å². The third kappa shape index (κ3) is 14.4. The lowest BCUT2D eigenvalue weighted by atomic mass is 9.75. The molecule has 282 valence electrons. The highest BCUT2D eigenvalue weighted by Gasteiger charge is 2.41. The first-order chi connectivity index (χ1) is 21.4. The molecule has 4 aliphatic rings. The second-order valence-corrected chi connectivity index (χ2v) is 19.8. The van der Waals surface area contributed by atoms with Crippen LogP contribution in [0, 0.1) is 35.5 Å².